The predicted molar refractivity (Wildman–Crippen MR) is 78.2 cm³/mol. The molecule has 0 bridgehead atoms. The van der Waals surface area contributed by atoms with E-state index in [1.165, 1.54) is 0 Å². The Morgan fingerprint density at radius 3 is 2.63 bits per heavy atom. The molecule has 6 nitrogen and oxygen atoms in total. The summed E-state index contributed by atoms with van der Waals surface area (Å²) in [5.41, 5.74) is 5.88. The maximum absolute atomic E-state index is 11.1. The maximum Gasteiger partial charge on any atom is 0.238 e. The van der Waals surface area contributed by atoms with Crippen LogP contribution < -0.4 is 16.4 Å². The Balaban J connectivity index is 2.37. The average molecular weight is 265 g/mol. The van der Waals surface area contributed by atoms with Crippen molar-refractivity contribution in [3.63, 3.8) is 0 Å². The van der Waals surface area contributed by atoms with Crippen LogP contribution >= 0.6 is 0 Å². The van der Waals surface area contributed by atoms with Gasteiger partial charge in [-0.1, -0.05) is 13.8 Å². The lowest BCUT2D eigenvalue weighted by molar-refractivity contribution is -0.114. The molecular weight excluding hydrogens is 242 g/mol. The van der Waals surface area contributed by atoms with Gasteiger partial charge < -0.3 is 21.3 Å². The van der Waals surface area contributed by atoms with Crippen LogP contribution in [0.4, 0.5) is 11.5 Å². The summed E-state index contributed by atoms with van der Waals surface area (Å²) in [5.74, 6) is 0.585. The second-order valence-corrected chi connectivity index (χ2v) is 4.14. The number of likely N-dealkylation sites (N-methyl/N-ethyl adjacent to an activating group) is 1. The highest BCUT2D eigenvalue weighted by molar-refractivity contribution is 5.91. The number of aromatic nitrogens is 1. The molecule has 1 heterocycles. The summed E-state index contributed by atoms with van der Waals surface area (Å²) in [6, 6.07) is 3.65. The van der Waals surface area contributed by atoms with E-state index in [2.05, 4.69) is 34.4 Å². The lowest BCUT2D eigenvalue weighted by atomic mass is 10.4. The molecule has 1 rings (SSSR count). The number of pyridine rings is 1. The molecule has 0 spiro atoms. The molecule has 106 valence electrons. The van der Waals surface area contributed by atoms with Gasteiger partial charge in [0.05, 0.1) is 18.4 Å². The van der Waals surface area contributed by atoms with Gasteiger partial charge in [-0.2, -0.15) is 0 Å². The van der Waals surface area contributed by atoms with E-state index in [0.717, 1.165) is 32.0 Å². The van der Waals surface area contributed by atoms with Crippen LogP contribution in [-0.4, -0.2) is 48.5 Å². The molecule has 1 aromatic heterocycles. The van der Waals surface area contributed by atoms with Gasteiger partial charge in [0.1, 0.15) is 5.82 Å². The zero-order valence-electron chi connectivity index (χ0n) is 11.6. The summed E-state index contributed by atoms with van der Waals surface area (Å²) in [6.45, 7) is 8.21. The van der Waals surface area contributed by atoms with Gasteiger partial charge in [-0.15, -0.1) is 0 Å². The third kappa shape index (κ3) is 5.67. The quantitative estimate of drug-likeness (QED) is 0.645. The van der Waals surface area contributed by atoms with E-state index >= 15 is 0 Å². The van der Waals surface area contributed by atoms with Crippen molar-refractivity contribution in [1.82, 2.24) is 9.88 Å². The van der Waals surface area contributed by atoms with Crippen molar-refractivity contribution in [3.8, 4) is 0 Å². The van der Waals surface area contributed by atoms with Crippen LogP contribution in [0.15, 0.2) is 18.3 Å². The summed E-state index contributed by atoms with van der Waals surface area (Å²) >= 11 is 0. The summed E-state index contributed by atoms with van der Waals surface area (Å²) in [5, 5.41) is 5.90. The van der Waals surface area contributed by atoms with Crippen LogP contribution in [0, 0.1) is 0 Å². The Hall–Kier alpha value is -1.66. The molecule has 0 radical (unpaired) electrons. The number of hydrogen-bond acceptors (Lipinski definition) is 5. The summed E-state index contributed by atoms with van der Waals surface area (Å²) < 4.78 is 0. The standard InChI is InChI=1S/C13H23N5O/c1-3-18(4-2)8-7-15-12-6-5-11(10-16-12)17-13(19)9-14/h5-6,10H,3-4,7-9,14H2,1-2H3,(H,15,16)(H,17,19). The number of carbonyl (C=O) groups excluding carboxylic acids is 1. The van der Waals surface area contributed by atoms with Crippen molar-refractivity contribution in [2.24, 2.45) is 5.73 Å². The first-order valence-electron chi connectivity index (χ1n) is 6.61. The van der Waals surface area contributed by atoms with E-state index < -0.39 is 0 Å². The fourth-order valence-electron chi connectivity index (χ4n) is 1.67. The van der Waals surface area contributed by atoms with Crippen molar-refractivity contribution in [2.75, 3.05) is 43.4 Å². The molecule has 6 heteroatoms. The number of anilines is 2. The molecule has 0 aliphatic carbocycles. The molecule has 19 heavy (non-hydrogen) atoms. The van der Waals surface area contributed by atoms with E-state index in [4.69, 9.17) is 5.73 Å². The predicted octanol–water partition coefficient (Wildman–Crippen LogP) is 0.733. The highest BCUT2D eigenvalue weighted by Crippen LogP contribution is 2.09. The van der Waals surface area contributed by atoms with Gasteiger partial charge in [-0.25, -0.2) is 4.98 Å². The third-order valence-corrected chi connectivity index (χ3v) is 2.86. The first kappa shape index (κ1) is 15.4. The number of hydrogen-bond donors (Lipinski definition) is 3. The van der Waals surface area contributed by atoms with Crippen molar-refractivity contribution >= 4 is 17.4 Å². The Bertz CT molecular complexity index is 375. The zero-order chi connectivity index (χ0) is 14.1. The summed E-state index contributed by atoms with van der Waals surface area (Å²) in [4.78, 5) is 17.7. The number of carbonyl (C=O) groups is 1. The fourth-order valence-corrected chi connectivity index (χ4v) is 1.67. The van der Waals surface area contributed by atoms with Crippen LogP contribution in [0.3, 0.4) is 0 Å². The second kappa shape index (κ2) is 8.44. The smallest absolute Gasteiger partial charge is 0.238 e. The van der Waals surface area contributed by atoms with Crippen LogP contribution in [-0.2, 0) is 4.79 Å². The Morgan fingerprint density at radius 2 is 2.11 bits per heavy atom. The average Bonchev–Trinajstić information content (AvgIpc) is 2.45. The van der Waals surface area contributed by atoms with E-state index in [9.17, 15) is 4.79 Å². The minimum Gasteiger partial charge on any atom is -0.369 e. The van der Waals surface area contributed by atoms with Crippen molar-refractivity contribution in [3.05, 3.63) is 18.3 Å². The second-order valence-electron chi connectivity index (χ2n) is 4.14. The SMILES string of the molecule is CCN(CC)CCNc1ccc(NC(=O)CN)cn1. The molecule has 4 N–H and O–H groups in total. The first-order chi connectivity index (χ1) is 9.19. The number of nitrogens with zero attached hydrogens (tertiary/aromatic N) is 2. The first-order valence-corrected chi connectivity index (χ1v) is 6.61. The topological polar surface area (TPSA) is 83.3 Å². The normalized spacial score (nSPS) is 10.5. The summed E-state index contributed by atoms with van der Waals surface area (Å²) in [7, 11) is 0. The highest BCUT2D eigenvalue weighted by Gasteiger charge is 2.01. The number of amides is 1. The van der Waals surface area contributed by atoms with Crippen LogP contribution in [0.1, 0.15) is 13.8 Å². The number of rotatable bonds is 8. The lowest BCUT2D eigenvalue weighted by Crippen LogP contribution is -2.28. The minimum absolute atomic E-state index is 0.0239. The highest BCUT2D eigenvalue weighted by atomic mass is 16.1. The van der Waals surface area contributed by atoms with E-state index in [-0.39, 0.29) is 12.5 Å². The number of nitrogens with two attached hydrogens (primary N) is 1. The molecular formula is C13H23N5O. The van der Waals surface area contributed by atoms with Gasteiger partial charge in [0.2, 0.25) is 5.91 Å². The van der Waals surface area contributed by atoms with Gasteiger partial charge >= 0.3 is 0 Å². The van der Waals surface area contributed by atoms with Crippen molar-refractivity contribution in [2.45, 2.75) is 13.8 Å². The molecule has 0 aromatic carbocycles. The molecule has 0 saturated heterocycles. The molecule has 0 aliphatic heterocycles. The molecule has 0 unspecified atom stereocenters. The molecule has 0 aliphatic rings. The van der Waals surface area contributed by atoms with Gasteiger partial charge in [-0.05, 0) is 25.2 Å². The largest absolute Gasteiger partial charge is 0.369 e. The number of nitrogens with one attached hydrogen (secondary N) is 2. The van der Waals surface area contributed by atoms with Gasteiger partial charge in [-0.3, -0.25) is 4.79 Å². The fraction of sp³-hybridized carbons (Fsp3) is 0.538. The zero-order valence-corrected chi connectivity index (χ0v) is 11.6. The van der Waals surface area contributed by atoms with Gasteiger partial charge in [0, 0.05) is 13.1 Å². The van der Waals surface area contributed by atoms with Gasteiger partial charge in [0.15, 0.2) is 0 Å². The lowest BCUT2D eigenvalue weighted by Gasteiger charge is -2.18. The van der Waals surface area contributed by atoms with Gasteiger partial charge in [0.25, 0.3) is 0 Å². The monoisotopic (exact) mass is 265 g/mol. The maximum atomic E-state index is 11.1. The van der Waals surface area contributed by atoms with Crippen LogP contribution in [0.2, 0.25) is 0 Å². The Labute approximate surface area is 114 Å². The third-order valence-electron chi connectivity index (χ3n) is 2.86. The Morgan fingerprint density at radius 1 is 1.37 bits per heavy atom. The van der Waals surface area contributed by atoms with E-state index in [1.807, 2.05) is 6.07 Å². The van der Waals surface area contributed by atoms with E-state index in [1.54, 1.807) is 12.3 Å². The van der Waals surface area contributed by atoms with Crippen molar-refractivity contribution in [1.29, 1.82) is 0 Å². The summed E-state index contributed by atoms with van der Waals surface area (Å²) in [6.07, 6.45) is 1.62. The molecule has 1 aromatic rings. The van der Waals surface area contributed by atoms with E-state index in [0.29, 0.717) is 5.69 Å². The van der Waals surface area contributed by atoms with Crippen LogP contribution in [0.5, 0.6) is 0 Å². The molecule has 1 amide bonds. The minimum atomic E-state index is -0.218. The molecule has 0 atom stereocenters. The van der Waals surface area contributed by atoms with Crippen LogP contribution in [0.25, 0.3) is 0 Å². The Kier molecular flexibility index (Phi) is 6.84. The molecule has 0 saturated carbocycles. The molecule has 0 fully saturated rings. The van der Waals surface area contributed by atoms with Crippen molar-refractivity contribution < 1.29 is 4.79 Å².